The number of hydrogen-bond donors (Lipinski definition) is 1. The third-order valence-electron chi connectivity index (χ3n) is 3.36. The van der Waals surface area contributed by atoms with Gasteiger partial charge in [0.25, 0.3) is 0 Å². The van der Waals surface area contributed by atoms with Crippen molar-refractivity contribution in [1.82, 2.24) is 9.88 Å². The molecule has 110 valence electrons. The molecule has 0 aliphatic heterocycles. The number of hydrogen-bond acceptors (Lipinski definition) is 2. The highest BCUT2D eigenvalue weighted by molar-refractivity contribution is 7.10. The average molecular weight is 319 g/mol. The molecule has 0 saturated heterocycles. The van der Waals surface area contributed by atoms with Crippen molar-refractivity contribution >= 4 is 40.7 Å². The van der Waals surface area contributed by atoms with Crippen LogP contribution in [0.1, 0.15) is 10.4 Å². The highest BCUT2D eigenvalue weighted by Crippen LogP contribution is 2.18. The Morgan fingerprint density at radius 1 is 1.19 bits per heavy atom. The van der Waals surface area contributed by atoms with Crippen molar-refractivity contribution in [3.05, 3.63) is 64.5 Å². The number of H-pyrrole nitrogens is 1. The summed E-state index contributed by atoms with van der Waals surface area (Å²) in [5, 5.41) is 3.39. The number of fused-ring (bicyclic) bond motifs is 1. The molecule has 0 fully saturated rings. The van der Waals surface area contributed by atoms with Gasteiger partial charge in [-0.15, -0.1) is 23.7 Å². The fourth-order valence-corrected chi connectivity index (χ4v) is 3.02. The van der Waals surface area contributed by atoms with Gasteiger partial charge in [-0.2, -0.15) is 0 Å². The van der Waals surface area contributed by atoms with E-state index in [9.17, 15) is 0 Å². The maximum atomic E-state index is 3.33. The first-order valence-corrected chi connectivity index (χ1v) is 7.64. The normalized spacial score (nSPS) is 11.3. The molecule has 3 aromatic rings. The molecule has 0 amide bonds. The molecule has 0 radical (unpaired) electrons. The Kier molecular flexibility index (Phi) is 5.62. The zero-order chi connectivity index (χ0) is 13.8. The van der Waals surface area contributed by atoms with Gasteiger partial charge in [0.1, 0.15) is 0 Å². The molecule has 21 heavy (non-hydrogen) atoms. The molecule has 2 nitrogen and oxygen atoms in total. The van der Waals surface area contributed by atoms with Gasteiger partial charge in [-0.05, 0) is 41.6 Å². The van der Waals surface area contributed by atoms with Gasteiger partial charge in [0.05, 0.1) is 0 Å². The second kappa shape index (κ2) is 7.46. The maximum Gasteiger partial charge on any atom is 0.0499 e. The quantitative estimate of drug-likeness (QED) is 0.716. The van der Waals surface area contributed by atoms with Crippen molar-refractivity contribution in [3.8, 4) is 0 Å². The van der Waals surface area contributed by atoms with Crippen molar-refractivity contribution in [1.29, 1.82) is 0 Å². The fraction of sp³-hybridized carbons (Fsp3) is 0.176. The van der Waals surface area contributed by atoms with Crippen LogP contribution >= 0.6 is 23.7 Å². The smallest absolute Gasteiger partial charge is 0.0499 e. The van der Waals surface area contributed by atoms with Crippen LogP contribution in [0, 0.1) is 0 Å². The van der Waals surface area contributed by atoms with Crippen LogP contribution in [-0.4, -0.2) is 23.5 Å². The van der Waals surface area contributed by atoms with Gasteiger partial charge < -0.3 is 4.98 Å². The van der Waals surface area contributed by atoms with Gasteiger partial charge in [0, 0.05) is 29.7 Å². The lowest BCUT2D eigenvalue weighted by atomic mass is 10.1. The van der Waals surface area contributed by atoms with Crippen molar-refractivity contribution < 1.29 is 0 Å². The molecule has 0 atom stereocenters. The number of aromatic nitrogens is 1. The summed E-state index contributed by atoms with van der Waals surface area (Å²) in [6, 6.07) is 12.8. The first-order chi connectivity index (χ1) is 9.83. The third-order valence-corrected chi connectivity index (χ3v) is 4.19. The average Bonchev–Trinajstić information content (AvgIpc) is 3.09. The van der Waals surface area contributed by atoms with E-state index in [1.54, 1.807) is 11.3 Å². The molecule has 4 heteroatoms. The van der Waals surface area contributed by atoms with E-state index in [1.165, 1.54) is 21.3 Å². The molecule has 3 rings (SSSR count). The minimum Gasteiger partial charge on any atom is -0.361 e. The van der Waals surface area contributed by atoms with Gasteiger partial charge in [-0.3, -0.25) is 4.90 Å². The zero-order valence-electron chi connectivity index (χ0n) is 12.0. The van der Waals surface area contributed by atoms with E-state index < -0.39 is 0 Å². The molecule has 1 aromatic carbocycles. The molecule has 2 aromatic heterocycles. The molecule has 0 bridgehead atoms. The molecular weight excluding hydrogens is 300 g/mol. The van der Waals surface area contributed by atoms with E-state index in [2.05, 4.69) is 70.9 Å². The first kappa shape index (κ1) is 15.8. The summed E-state index contributed by atoms with van der Waals surface area (Å²) in [6.45, 7) is 1.90. The Morgan fingerprint density at radius 2 is 2.10 bits per heavy atom. The first-order valence-electron chi connectivity index (χ1n) is 6.76. The van der Waals surface area contributed by atoms with Crippen LogP contribution < -0.4 is 0 Å². The van der Waals surface area contributed by atoms with E-state index in [0.717, 1.165) is 13.1 Å². The van der Waals surface area contributed by atoms with Gasteiger partial charge in [-0.1, -0.05) is 30.3 Å². The number of benzene rings is 1. The van der Waals surface area contributed by atoms with Crippen LogP contribution in [0.25, 0.3) is 17.0 Å². The lowest BCUT2D eigenvalue weighted by Crippen LogP contribution is -2.17. The number of likely N-dealkylation sites (N-methyl/N-ethyl adjacent to an activating group) is 1. The summed E-state index contributed by atoms with van der Waals surface area (Å²) >= 11 is 1.77. The molecule has 0 saturated carbocycles. The van der Waals surface area contributed by atoms with Crippen LogP contribution in [-0.2, 0) is 6.54 Å². The Morgan fingerprint density at radius 3 is 2.90 bits per heavy atom. The number of thiophene rings is 1. The highest BCUT2D eigenvalue weighted by atomic mass is 35.5. The van der Waals surface area contributed by atoms with E-state index >= 15 is 0 Å². The summed E-state index contributed by atoms with van der Waals surface area (Å²) in [4.78, 5) is 6.96. The van der Waals surface area contributed by atoms with Crippen LogP contribution in [0.2, 0.25) is 0 Å². The standard InChI is InChI=1S/C17H18N2S.ClH/c1-19(11-3-7-16-8-4-12-20-16)13-15-6-2-5-14-9-10-18-17(14)15;/h2-10,12,18H,11,13H2,1H3;1H/b7-3+;. The Labute approximate surface area is 135 Å². The monoisotopic (exact) mass is 318 g/mol. The fourth-order valence-electron chi connectivity index (χ4n) is 2.37. The molecule has 2 heterocycles. The van der Waals surface area contributed by atoms with Crippen LogP contribution in [0.5, 0.6) is 0 Å². The Hall–Kier alpha value is -1.55. The van der Waals surface area contributed by atoms with Gasteiger partial charge in [-0.25, -0.2) is 0 Å². The zero-order valence-corrected chi connectivity index (χ0v) is 13.6. The predicted molar refractivity (Wildman–Crippen MR) is 95.2 cm³/mol. The maximum absolute atomic E-state index is 3.33. The van der Waals surface area contributed by atoms with E-state index in [4.69, 9.17) is 0 Å². The Balaban J connectivity index is 0.00000161. The molecular formula is C17H19ClN2S. The van der Waals surface area contributed by atoms with Gasteiger partial charge >= 0.3 is 0 Å². The minimum absolute atomic E-state index is 0. The predicted octanol–water partition coefficient (Wildman–Crippen LogP) is 4.80. The molecule has 0 aliphatic carbocycles. The molecule has 0 unspecified atom stereocenters. The summed E-state index contributed by atoms with van der Waals surface area (Å²) in [5.74, 6) is 0. The summed E-state index contributed by atoms with van der Waals surface area (Å²) < 4.78 is 0. The second-order valence-corrected chi connectivity index (χ2v) is 5.95. The minimum atomic E-state index is 0. The highest BCUT2D eigenvalue weighted by Gasteiger charge is 2.04. The number of halogens is 1. The lowest BCUT2D eigenvalue weighted by molar-refractivity contribution is 0.365. The summed E-state index contributed by atoms with van der Waals surface area (Å²) in [7, 11) is 2.15. The lowest BCUT2D eigenvalue weighted by Gasteiger charge is -2.15. The number of aromatic amines is 1. The third kappa shape index (κ3) is 3.97. The summed E-state index contributed by atoms with van der Waals surface area (Å²) in [6.07, 6.45) is 6.42. The van der Waals surface area contributed by atoms with Crippen LogP contribution in [0.4, 0.5) is 0 Å². The number of nitrogens with one attached hydrogen (secondary N) is 1. The molecule has 0 aliphatic rings. The van der Waals surface area contributed by atoms with Crippen molar-refractivity contribution in [2.45, 2.75) is 6.54 Å². The second-order valence-electron chi connectivity index (χ2n) is 4.97. The van der Waals surface area contributed by atoms with Gasteiger partial charge in [0.15, 0.2) is 0 Å². The molecule has 0 spiro atoms. The number of rotatable bonds is 5. The van der Waals surface area contributed by atoms with Crippen molar-refractivity contribution in [3.63, 3.8) is 0 Å². The van der Waals surface area contributed by atoms with E-state index in [-0.39, 0.29) is 12.4 Å². The van der Waals surface area contributed by atoms with Crippen molar-refractivity contribution in [2.75, 3.05) is 13.6 Å². The molecule has 1 N–H and O–H groups in total. The van der Waals surface area contributed by atoms with E-state index in [0.29, 0.717) is 0 Å². The summed E-state index contributed by atoms with van der Waals surface area (Å²) in [5.41, 5.74) is 2.60. The van der Waals surface area contributed by atoms with Crippen LogP contribution in [0.3, 0.4) is 0 Å². The topological polar surface area (TPSA) is 19.0 Å². The largest absolute Gasteiger partial charge is 0.361 e. The van der Waals surface area contributed by atoms with Gasteiger partial charge in [0.2, 0.25) is 0 Å². The van der Waals surface area contributed by atoms with Crippen molar-refractivity contribution in [2.24, 2.45) is 0 Å². The number of para-hydroxylation sites is 1. The Bertz CT molecular complexity index is 700. The number of nitrogens with zero attached hydrogens (tertiary/aromatic N) is 1. The SMILES string of the molecule is CN(C/C=C/c1cccs1)Cc1cccc2cc[nH]c12.Cl. The van der Waals surface area contributed by atoms with Crippen LogP contribution in [0.15, 0.2) is 54.1 Å². The van der Waals surface area contributed by atoms with E-state index in [1.807, 2.05) is 6.20 Å².